The van der Waals surface area contributed by atoms with E-state index in [1.165, 1.54) is 6.07 Å². The summed E-state index contributed by atoms with van der Waals surface area (Å²) >= 11 is 0. The van der Waals surface area contributed by atoms with Crippen LogP contribution >= 0.6 is 0 Å². The average Bonchev–Trinajstić information content (AvgIpc) is 2.80. The highest BCUT2D eigenvalue weighted by atomic mass is 16.6. The molecule has 8 nitrogen and oxygen atoms in total. The lowest BCUT2D eigenvalue weighted by atomic mass is 9.82. The van der Waals surface area contributed by atoms with Gasteiger partial charge in [0.15, 0.2) is 11.6 Å². The number of cyclic esters (lactones) is 2. The van der Waals surface area contributed by atoms with Gasteiger partial charge in [0.1, 0.15) is 5.78 Å². The second kappa shape index (κ2) is 9.68. The van der Waals surface area contributed by atoms with Crippen molar-refractivity contribution < 1.29 is 38.2 Å². The monoisotopic (exact) mass is 450 g/mol. The minimum atomic E-state index is -0.977. The molecule has 1 aliphatic rings. The van der Waals surface area contributed by atoms with Gasteiger partial charge >= 0.3 is 17.9 Å². The molecule has 1 heterocycles. The molecule has 0 aromatic heterocycles. The van der Waals surface area contributed by atoms with Gasteiger partial charge in [0, 0.05) is 48.3 Å². The van der Waals surface area contributed by atoms with Crippen molar-refractivity contribution in [1.82, 2.24) is 0 Å². The van der Waals surface area contributed by atoms with Crippen LogP contribution < -0.4 is 0 Å². The van der Waals surface area contributed by atoms with E-state index in [2.05, 4.69) is 6.58 Å². The number of esters is 3. The summed E-state index contributed by atoms with van der Waals surface area (Å²) in [7, 11) is 0. The van der Waals surface area contributed by atoms with Crippen LogP contribution in [0.5, 0.6) is 0 Å². The van der Waals surface area contributed by atoms with Crippen LogP contribution in [-0.2, 0) is 19.1 Å². The molecular formula is C25H22O8. The van der Waals surface area contributed by atoms with Gasteiger partial charge in [-0.25, -0.2) is 14.4 Å². The summed E-state index contributed by atoms with van der Waals surface area (Å²) in [6.45, 7) is 6.38. The van der Waals surface area contributed by atoms with Crippen molar-refractivity contribution in [1.29, 1.82) is 0 Å². The summed E-state index contributed by atoms with van der Waals surface area (Å²) in [6, 6.07) is 4.77. The first-order chi connectivity index (χ1) is 15.7. The number of benzene rings is 2. The molecule has 8 heteroatoms. The van der Waals surface area contributed by atoms with Crippen molar-refractivity contribution in [3.63, 3.8) is 0 Å². The maximum atomic E-state index is 13.2. The standard InChI is InChI=1S/C25H22O8/c1-4-17(27)22-20(18(28)10-9-14(26)11-12-32-19(29)5-2)13(3)15-7-6-8-16-21(15)23(22)25(31)33-24(16)30/h5-8H,2,4,9-12H2,1,3H3. The Morgan fingerprint density at radius 1 is 1.00 bits per heavy atom. The molecule has 0 bridgehead atoms. The van der Waals surface area contributed by atoms with Crippen LogP contribution in [0.25, 0.3) is 10.8 Å². The lowest BCUT2D eigenvalue weighted by molar-refractivity contribution is -0.138. The van der Waals surface area contributed by atoms with Crippen LogP contribution in [0.3, 0.4) is 0 Å². The van der Waals surface area contributed by atoms with Crippen LogP contribution in [0.2, 0.25) is 0 Å². The Kier molecular flexibility index (Phi) is 6.96. The van der Waals surface area contributed by atoms with Crippen molar-refractivity contribution in [2.24, 2.45) is 0 Å². The molecule has 0 saturated carbocycles. The highest BCUT2D eigenvalue weighted by Gasteiger charge is 2.35. The summed E-state index contributed by atoms with van der Waals surface area (Å²) in [5.41, 5.74) is 0.484. The van der Waals surface area contributed by atoms with Gasteiger partial charge < -0.3 is 9.47 Å². The molecule has 0 radical (unpaired) electrons. The zero-order valence-corrected chi connectivity index (χ0v) is 18.3. The van der Waals surface area contributed by atoms with Crippen molar-refractivity contribution >= 4 is 46.0 Å². The number of rotatable bonds is 10. The maximum absolute atomic E-state index is 13.2. The summed E-state index contributed by atoms with van der Waals surface area (Å²) in [4.78, 5) is 74.2. The number of hydrogen-bond donors (Lipinski definition) is 0. The van der Waals surface area contributed by atoms with Crippen LogP contribution in [0.4, 0.5) is 0 Å². The van der Waals surface area contributed by atoms with Crippen LogP contribution in [0.1, 0.15) is 79.6 Å². The van der Waals surface area contributed by atoms with E-state index < -0.39 is 29.5 Å². The minimum Gasteiger partial charge on any atom is -0.462 e. The maximum Gasteiger partial charge on any atom is 0.347 e. The predicted octanol–water partition coefficient (Wildman–Crippen LogP) is 3.70. The Hall–Kier alpha value is -3.94. The molecule has 0 unspecified atom stereocenters. The molecule has 3 rings (SSSR count). The molecule has 1 aliphatic heterocycles. The molecule has 0 fully saturated rings. The average molecular weight is 450 g/mol. The van der Waals surface area contributed by atoms with E-state index in [0.29, 0.717) is 16.3 Å². The molecule has 0 spiro atoms. The lowest BCUT2D eigenvalue weighted by Gasteiger charge is -2.22. The van der Waals surface area contributed by atoms with E-state index in [1.807, 2.05) is 0 Å². The van der Waals surface area contributed by atoms with Gasteiger partial charge in [0.25, 0.3) is 0 Å². The SMILES string of the molecule is C=CC(=O)OCCC(=O)CCC(=O)c1c(C(=O)CC)c2c3c(cccc3c1C)C(=O)OC2=O. The number of aryl methyl sites for hydroxylation is 1. The topological polar surface area (TPSA) is 121 Å². The second-order valence-electron chi connectivity index (χ2n) is 7.52. The van der Waals surface area contributed by atoms with Crippen LogP contribution in [0.15, 0.2) is 30.9 Å². The first-order valence-corrected chi connectivity index (χ1v) is 10.4. The molecule has 0 N–H and O–H groups in total. The molecule has 2 aromatic rings. The fraction of sp³-hybridized carbons (Fsp3) is 0.280. The third-order valence-electron chi connectivity index (χ3n) is 5.50. The molecule has 0 saturated heterocycles. The van der Waals surface area contributed by atoms with Crippen molar-refractivity contribution in [3.05, 3.63) is 58.7 Å². The first kappa shape index (κ1) is 23.7. The van der Waals surface area contributed by atoms with E-state index in [-0.39, 0.29) is 60.3 Å². The predicted molar refractivity (Wildman–Crippen MR) is 117 cm³/mol. The summed E-state index contributed by atoms with van der Waals surface area (Å²) in [5, 5.41) is 0.788. The largest absolute Gasteiger partial charge is 0.462 e. The lowest BCUT2D eigenvalue weighted by Crippen LogP contribution is -2.25. The third kappa shape index (κ3) is 4.50. The zero-order valence-electron chi connectivity index (χ0n) is 18.3. The summed E-state index contributed by atoms with van der Waals surface area (Å²) < 4.78 is 9.61. The van der Waals surface area contributed by atoms with Crippen molar-refractivity contribution in [2.75, 3.05) is 6.61 Å². The third-order valence-corrected chi connectivity index (χ3v) is 5.50. The van der Waals surface area contributed by atoms with Gasteiger partial charge in [0.05, 0.1) is 17.7 Å². The van der Waals surface area contributed by atoms with Gasteiger partial charge in [-0.15, -0.1) is 0 Å². The van der Waals surface area contributed by atoms with E-state index in [4.69, 9.17) is 9.47 Å². The van der Waals surface area contributed by atoms with E-state index in [9.17, 15) is 28.8 Å². The molecule has 0 aliphatic carbocycles. The minimum absolute atomic E-state index is 0.0230. The van der Waals surface area contributed by atoms with Gasteiger partial charge in [-0.05, 0) is 23.9 Å². The highest BCUT2D eigenvalue weighted by molar-refractivity contribution is 6.28. The normalized spacial score (nSPS) is 12.3. The molecule has 0 amide bonds. The summed E-state index contributed by atoms with van der Waals surface area (Å²) in [6.07, 6.45) is 0.624. The summed E-state index contributed by atoms with van der Waals surface area (Å²) in [5.74, 6) is -3.65. The Balaban J connectivity index is 2.01. The van der Waals surface area contributed by atoms with Crippen LogP contribution in [-0.4, -0.2) is 41.9 Å². The molecular weight excluding hydrogens is 428 g/mol. The second-order valence-corrected chi connectivity index (χ2v) is 7.52. The van der Waals surface area contributed by atoms with Gasteiger partial charge in [-0.1, -0.05) is 25.6 Å². The van der Waals surface area contributed by atoms with E-state index >= 15 is 0 Å². The highest BCUT2D eigenvalue weighted by Crippen LogP contribution is 2.37. The number of Topliss-reactive ketones (excluding diaryl/α,β-unsaturated/α-hetero) is 3. The van der Waals surface area contributed by atoms with Gasteiger partial charge in [0.2, 0.25) is 0 Å². The fourth-order valence-electron chi connectivity index (χ4n) is 3.90. The van der Waals surface area contributed by atoms with Gasteiger partial charge in [-0.2, -0.15) is 0 Å². The first-order valence-electron chi connectivity index (χ1n) is 10.4. The van der Waals surface area contributed by atoms with Crippen molar-refractivity contribution in [2.45, 2.75) is 39.5 Å². The van der Waals surface area contributed by atoms with Gasteiger partial charge in [-0.3, -0.25) is 14.4 Å². The molecule has 33 heavy (non-hydrogen) atoms. The van der Waals surface area contributed by atoms with Crippen molar-refractivity contribution in [3.8, 4) is 0 Å². The molecule has 0 atom stereocenters. The number of hydrogen-bond acceptors (Lipinski definition) is 8. The number of ketones is 3. The molecule has 2 aromatic carbocycles. The Morgan fingerprint density at radius 3 is 2.39 bits per heavy atom. The van der Waals surface area contributed by atoms with Crippen LogP contribution in [0, 0.1) is 6.92 Å². The van der Waals surface area contributed by atoms with E-state index in [1.54, 1.807) is 26.0 Å². The zero-order chi connectivity index (χ0) is 24.3. The molecule has 170 valence electrons. The smallest absolute Gasteiger partial charge is 0.347 e. The number of carbonyl (C=O) groups is 6. The Labute approximate surface area is 189 Å². The number of ether oxygens (including phenoxy) is 2. The fourth-order valence-corrected chi connectivity index (χ4v) is 3.90. The quantitative estimate of drug-likeness (QED) is 0.232. The Morgan fingerprint density at radius 2 is 1.73 bits per heavy atom. The van der Waals surface area contributed by atoms with E-state index in [0.717, 1.165) is 6.08 Å². The number of carbonyl (C=O) groups excluding carboxylic acids is 6. The Bertz CT molecular complexity index is 1230.